The number of hydrogen-bond donors (Lipinski definition) is 0. The maximum absolute atomic E-state index is 2.51. The van der Waals surface area contributed by atoms with Gasteiger partial charge in [-0.2, -0.15) is 0 Å². The van der Waals surface area contributed by atoms with Crippen LogP contribution in [-0.4, -0.2) is 18.5 Å². The van der Waals surface area contributed by atoms with Crippen LogP contribution in [0, 0.1) is 0 Å². The molecular formula is C12H15N. The van der Waals surface area contributed by atoms with Crippen LogP contribution in [0.15, 0.2) is 24.3 Å². The number of likely N-dealkylation sites (N-methyl/N-ethyl adjacent to an activating group) is 1. The van der Waals surface area contributed by atoms with Crippen molar-refractivity contribution in [2.24, 2.45) is 0 Å². The summed E-state index contributed by atoms with van der Waals surface area (Å²) in [5.41, 5.74) is 3.21. The van der Waals surface area contributed by atoms with Crippen LogP contribution in [0.3, 0.4) is 0 Å². The Hall–Kier alpha value is -0.820. The highest BCUT2D eigenvalue weighted by molar-refractivity contribution is 5.37. The van der Waals surface area contributed by atoms with Crippen LogP contribution < -0.4 is 0 Å². The average Bonchev–Trinajstić information content (AvgIpc) is 2.19. The third-order valence-corrected chi connectivity index (χ3v) is 3.62. The molecule has 0 N–H and O–H groups in total. The van der Waals surface area contributed by atoms with E-state index in [0.29, 0.717) is 6.04 Å². The van der Waals surface area contributed by atoms with E-state index in [1.165, 1.54) is 19.4 Å². The molecule has 0 unspecified atom stereocenters. The Bertz CT molecular complexity index is 332. The molecule has 2 bridgehead atoms. The number of piperidine rings is 1. The first kappa shape index (κ1) is 7.57. The van der Waals surface area contributed by atoms with Gasteiger partial charge in [0.25, 0.3) is 0 Å². The van der Waals surface area contributed by atoms with Crippen molar-refractivity contribution >= 4 is 0 Å². The van der Waals surface area contributed by atoms with E-state index in [1.807, 2.05) is 0 Å². The molecule has 2 atom stereocenters. The van der Waals surface area contributed by atoms with Crippen molar-refractivity contribution in [3.05, 3.63) is 35.4 Å². The zero-order chi connectivity index (χ0) is 8.84. The van der Waals surface area contributed by atoms with Gasteiger partial charge >= 0.3 is 0 Å². The molecule has 0 saturated carbocycles. The molecule has 1 saturated heterocycles. The van der Waals surface area contributed by atoms with E-state index in [-0.39, 0.29) is 0 Å². The maximum Gasteiger partial charge on any atom is 0.0348 e. The van der Waals surface area contributed by atoms with Crippen molar-refractivity contribution in [3.63, 3.8) is 0 Å². The van der Waals surface area contributed by atoms with E-state index < -0.39 is 0 Å². The van der Waals surface area contributed by atoms with Crippen LogP contribution in [0.4, 0.5) is 0 Å². The summed E-state index contributed by atoms with van der Waals surface area (Å²) in [6.45, 7) is 1.27. The highest BCUT2D eigenvalue weighted by atomic mass is 15.1. The number of hydrogen-bond acceptors (Lipinski definition) is 1. The monoisotopic (exact) mass is 173 g/mol. The van der Waals surface area contributed by atoms with E-state index in [0.717, 1.165) is 5.92 Å². The van der Waals surface area contributed by atoms with Crippen molar-refractivity contribution in [2.45, 2.75) is 24.8 Å². The van der Waals surface area contributed by atoms with E-state index in [1.54, 1.807) is 11.1 Å². The molecule has 68 valence electrons. The van der Waals surface area contributed by atoms with Gasteiger partial charge in [0, 0.05) is 12.6 Å². The predicted molar refractivity (Wildman–Crippen MR) is 53.8 cm³/mol. The van der Waals surface area contributed by atoms with E-state index in [4.69, 9.17) is 0 Å². The van der Waals surface area contributed by atoms with Crippen molar-refractivity contribution in [3.8, 4) is 0 Å². The Morgan fingerprint density at radius 2 is 1.92 bits per heavy atom. The Morgan fingerprint density at radius 3 is 2.69 bits per heavy atom. The minimum absolute atomic E-state index is 0.709. The first-order valence-electron chi connectivity index (χ1n) is 5.15. The lowest BCUT2D eigenvalue weighted by Gasteiger charge is -2.44. The molecular weight excluding hydrogens is 158 g/mol. The van der Waals surface area contributed by atoms with Crippen molar-refractivity contribution in [1.29, 1.82) is 0 Å². The summed E-state index contributed by atoms with van der Waals surface area (Å²) in [4.78, 5) is 2.51. The van der Waals surface area contributed by atoms with E-state index in [9.17, 15) is 0 Å². The van der Waals surface area contributed by atoms with E-state index >= 15 is 0 Å². The lowest BCUT2D eigenvalue weighted by atomic mass is 9.75. The molecule has 13 heavy (non-hydrogen) atoms. The summed E-state index contributed by atoms with van der Waals surface area (Å²) in [7, 11) is 2.26. The van der Waals surface area contributed by atoms with Gasteiger partial charge in [0.05, 0.1) is 0 Å². The average molecular weight is 173 g/mol. The summed E-state index contributed by atoms with van der Waals surface area (Å²) in [6, 6.07) is 9.69. The van der Waals surface area contributed by atoms with E-state index in [2.05, 4.69) is 36.2 Å². The van der Waals surface area contributed by atoms with Gasteiger partial charge in [-0.3, -0.25) is 4.90 Å². The first-order chi connectivity index (χ1) is 6.36. The summed E-state index contributed by atoms with van der Waals surface area (Å²) >= 11 is 0. The summed E-state index contributed by atoms with van der Waals surface area (Å²) in [5.74, 6) is 0.811. The van der Waals surface area contributed by atoms with Crippen LogP contribution in [0.5, 0.6) is 0 Å². The quantitative estimate of drug-likeness (QED) is 0.582. The largest absolute Gasteiger partial charge is 0.299 e. The molecule has 0 spiro atoms. The maximum atomic E-state index is 2.51. The van der Waals surface area contributed by atoms with Gasteiger partial charge in [-0.25, -0.2) is 0 Å². The van der Waals surface area contributed by atoms with Crippen molar-refractivity contribution < 1.29 is 0 Å². The molecule has 3 aliphatic rings. The van der Waals surface area contributed by atoms with Crippen molar-refractivity contribution in [2.75, 3.05) is 13.6 Å². The SMILES string of the molecule is CN1C[C@@H]2CC[C@H]1c1ccccc12. The topological polar surface area (TPSA) is 3.24 Å². The molecule has 1 fully saturated rings. The van der Waals surface area contributed by atoms with Gasteiger partial charge in [0.1, 0.15) is 0 Å². The number of benzene rings is 1. The second kappa shape index (κ2) is 2.58. The van der Waals surface area contributed by atoms with Gasteiger partial charge in [0.2, 0.25) is 0 Å². The molecule has 0 radical (unpaired) electrons. The third kappa shape index (κ3) is 0.969. The molecule has 1 aromatic carbocycles. The summed E-state index contributed by atoms with van der Waals surface area (Å²) in [6.07, 6.45) is 2.75. The van der Waals surface area contributed by atoms with Gasteiger partial charge in [-0.05, 0) is 36.9 Å². The van der Waals surface area contributed by atoms with Gasteiger partial charge in [-0.15, -0.1) is 0 Å². The van der Waals surface area contributed by atoms with Crippen molar-refractivity contribution in [1.82, 2.24) is 4.90 Å². The Balaban J connectivity index is 2.16. The minimum atomic E-state index is 0.709. The third-order valence-electron chi connectivity index (χ3n) is 3.62. The molecule has 2 aliphatic heterocycles. The number of fused-ring (bicyclic) bond motifs is 2. The zero-order valence-corrected chi connectivity index (χ0v) is 8.03. The Kier molecular flexibility index (Phi) is 1.50. The van der Waals surface area contributed by atoms with Crippen LogP contribution in [0.1, 0.15) is 35.9 Å². The predicted octanol–water partition coefficient (Wildman–Crippen LogP) is 2.55. The fourth-order valence-electron chi connectivity index (χ4n) is 2.98. The highest BCUT2D eigenvalue weighted by Gasteiger charge is 2.35. The standard InChI is InChI=1S/C12H15N/c1-13-8-9-6-7-12(13)11-5-3-2-4-10(9)11/h2-5,9,12H,6-8H2,1H3/t9-,12-/m0/s1. The zero-order valence-electron chi connectivity index (χ0n) is 8.03. The summed E-state index contributed by atoms with van der Waals surface area (Å²) < 4.78 is 0. The molecule has 1 nitrogen and oxygen atoms in total. The fourth-order valence-corrected chi connectivity index (χ4v) is 2.98. The van der Waals surface area contributed by atoms with Gasteiger partial charge in [-0.1, -0.05) is 24.3 Å². The van der Waals surface area contributed by atoms with Gasteiger partial charge < -0.3 is 0 Å². The lowest BCUT2D eigenvalue weighted by molar-refractivity contribution is 0.146. The molecule has 0 aromatic heterocycles. The van der Waals surface area contributed by atoms with Crippen LogP contribution in [-0.2, 0) is 0 Å². The second-order valence-electron chi connectivity index (χ2n) is 4.36. The summed E-state index contributed by atoms with van der Waals surface area (Å²) in [5, 5.41) is 0. The van der Waals surface area contributed by atoms with Crippen LogP contribution in [0.25, 0.3) is 0 Å². The molecule has 1 aliphatic carbocycles. The van der Waals surface area contributed by atoms with Crippen LogP contribution in [0.2, 0.25) is 0 Å². The molecule has 2 heterocycles. The normalized spacial score (nSPS) is 31.8. The number of nitrogens with zero attached hydrogens (tertiary/aromatic N) is 1. The fraction of sp³-hybridized carbons (Fsp3) is 0.500. The Labute approximate surface area is 79.4 Å². The van der Waals surface area contributed by atoms with Crippen LogP contribution >= 0.6 is 0 Å². The molecule has 4 rings (SSSR count). The number of rotatable bonds is 0. The Morgan fingerprint density at radius 1 is 1.15 bits per heavy atom. The second-order valence-corrected chi connectivity index (χ2v) is 4.36. The molecule has 0 amide bonds. The van der Waals surface area contributed by atoms with Gasteiger partial charge in [0.15, 0.2) is 0 Å². The smallest absolute Gasteiger partial charge is 0.0348 e. The minimum Gasteiger partial charge on any atom is -0.299 e. The first-order valence-corrected chi connectivity index (χ1v) is 5.15. The molecule has 1 aromatic rings. The highest BCUT2D eigenvalue weighted by Crippen LogP contribution is 2.45. The lowest BCUT2D eigenvalue weighted by Crippen LogP contribution is -2.39. The molecule has 1 heteroatoms.